The van der Waals surface area contributed by atoms with Crippen LogP contribution in [0.1, 0.15) is 59.8 Å². The molecule has 3 atom stereocenters. The quantitative estimate of drug-likeness (QED) is 0.852. The molecule has 28 heavy (non-hydrogen) atoms. The lowest BCUT2D eigenvalue weighted by molar-refractivity contribution is -0.141. The second kappa shape index (κ2) is 6.77. The van der Waals surface area contributed by atoms with Crippen LogP contribution < -0.4 is 5.32 Å². The molecule has 1 fully saturated rings. The third-order valence-electron chi connectivity index (χ3n) is 7.11. The lowest BCUT2D eigenvalue weighted by Gasteiger charge is -2.45. The van der Waals surface area contributed by atoms with Gasteiger partial charge in [0, 0.05) is 24.3 Å². The number of nitrogens with one attached hydrogen (secondary N) is 1. The molecular weight excluding hydrogens is 350 g/mol. The molecule has 0 spiro atoms. The topological polar surface area (TPSA) is 66.4 Å². The standard InChI is InChI=1S/C24H25NO3/c26-23(14-9-10-15(11-14)24(27)28)25-13-16-12-21-17-5-1-3-7-19(17)22(16)20-8-4-2-6-18(20)21/h1-8,14-16,21-22H,9-13H2,(H,25,26)(H,27,28)/t14-,15+,16?,21?,22?/m0/s1. The summed E-state index contributed by atoms with van der Waals surface area (Å²) in [7, 11) is 0. The van der Waals surface area contributed by atoms with E-state index in [2.05, 4.69) is 53.8 Å². The monoisotopic (exact) mass is 375 g/mol. The number of rotatable bonds is 4. The van der Waals surface area contributed by atoms with Crippen molar-refractivity contribution in [3.05, 3.63) is 70.8 Å². The third kappa shape index (κ3) is 2.74. The molecule has 4 nitrogen and oxygen atoms in total. The number of amides is 1. The Balaban J connectivity index is 1.34. The first kappa shape index (κ1) is 17.5. The molecule has 0 radical (unpaired) electrons. The summed E-state index contributed by atoms with van der Waals surface area (Å²) < 4.78 is 0. The van der Waals surface area contributed by atoms with E-state index >= 15 is 0 Å². The Morgan fingerprint density at radius 1 is 0.857 bits per heavy atom. The van der Waals surface area contributed by atoms with Crippen molar-refractivity contribution in [3.63, 3.8) is 0 Å². The number of carbonyl (C=O) groups excluding carboxylic acids is 1. The van der Waals surface area contributed by atoms with E-state index < -0.39 is 5.97 Å². The Morgan fingerprint density at radius 2 is 1.43 bits per heavy atom. The van der Waals surface area contributed by atoms with Gasteiger partial charge in [-0.05, 0) is 53.9 Å². The van der Waals surface area contributed by atoms with E-state index in [4.69, 9.17) is 0 Å². The SMILES string of the molecule is O=C(O)[C@@H]1CC[C@H](C(=O)NCC2CC3c4ccccc4C2c2ccccc23)C1. The van der Waals surface area contributed by atoms with E-state index in [1.807, 2.05) is 0 Å². The predicted octanol–water partition coefficient (Wildman–Crippen LogP) is 3.90. The fraction of sp³-hybridized carbons (Fsp3) is 0.417. The largest absolute Gasteiger partial charge is 0.481 e. The van der Waals surface area contributed by atoms with Crippen molar-refractivity contribution >= 4 is 11.9 Å². The number of hydrogen-bond donors (Lipinski definition) is 2. The number of carboxylic acids is 1. The molecule has 0 aromatic heterocycles. The maximum Gasteiger partial charge on any atom is 0.306 e. The van der Waals surface area contributed by atoms with E-state index in [1.165, 1.54) is 22.3 Å². The molecule has 1 saturated carbocycles. The molecule has 6 rings (SSSR count). The molecular formula is C24H25NO3. The van der Waals surface area contributed by atoms with Crippen molar-refractivity contribution in [1.29, 1.82) is 0 Å². The van der Waals surface area contributed by atoms with E-state index in [-0.39, 0.29) is 17.7 Å². The number of aliphatic carboxylic acids is 1. The summed E-state index contributed by atoms with van der Waals surface area (Å²) in [6.45, 7) is 0.664. The van der Waals surface area contributed by atoms with Crippen LogP contribution in [0.15, 0.2) is 48.5 Å². The number of benzene rings is 2. The summed E-state index contributed by atoms with van der Waals surface area (Å²) in [4.78, 5) is 23.8. The summed E-state index contributed by atoms with van der Waals surface area (Å²) in [5.74, 6) is -0.132. The fourth-order valence-corrected chi connectivity index (χ4v) is 5.78. The van der Waals surface area contributed by atoms with Crippen molar-refractivity contribution in [2.75, 3.05) is 6.54 Å². The summed E-state index contributed by atoms with van der Waals surface area (Å²) in [5, 5.41) is 12.3. The molecule has 1 unspecified atom stereocenters. The van der Waals surface area contributed by atoms with Gasteiger partial charge in [0.05, 0.1) is 5.92 Å². The van der Waals surface area contributed by atoms with Gasteiger partial charge in [0.25, 0.3) is 0 Å². The molecule has 4 heteroatoms. The molecule has 2 N–H and O–H groups in total. The molecule has 144 valence electrons. The van der Waals surface area contributed by atoms with Crippen LogP contribution in [0.2, 0.25) is 0 Å². The van der Waals surface area contributed by atoms with Crippen molar-refractivity contribution in [1.82, 2.24) is 5.32 Å². The Bertz CT molecular complexity index is 889. The second-order valence-electron chi connectivity index (χ2n) is 8.57. The zero-order valence-corrected chi connectivity index (χ0v) is 15.8. The molecule has 0 aliphatic heterocycles. The minimum Gasteiger partial charge on any atom is -0.481 e. The summed E-state index contributed by atoms with van der Waals surface area (Å²) in [6.07, 6.45) is 2.83. The molecule has 0 saturated heterocycles. The average Bonchev–Trinajstić information content (AvgIpc) is 3.23. The van der Waals surface area contributed by atoms with Crippen LogP contribution in [0.25, 0.3) is 0 Å². The van der Waals surface area contributed by atoms with Gasteiger partial charge in [-0.2, -0.15) is 0 Å². The van der Waals surface area contributed by atoms with Crippen molar-refractivity contribution in [2.45, 2.75) is 37.5 Å². The van der Waals surface area contributed by atoms with Crippen molar-refractivity contribution < 1.29 is 14.7 Å². The van der Waals surface area contributed by atoms with Gasteiger partial charge in [-0.3, -0.25) is 9.59 Å². The van der Waals surface area contributed by atoms with Crippen LogP contribution in [0.3, 0.4) is 0 Å². The number of carboxylic acid groups (broad SMARTS) is 1. The highest BCUT2D eigenvalue weighted by atomic mass is 16.4. The minimum atomic E-state index is -0.770. The Morgan fingerprint density at radius 3 is 2.00 bits per heavy atom. The van der Waals surface area contributed by atoms with Crippen molar-refractivity contribution in [2.24, 2.45) is 17.8 Å². The number of carbonyl (C=O) groups is 2. The fourth-order valence-electron chi connectivity index (χ4n) is 5.78. The van der Waals surface area contributed by atoms with Crippen LogP contribution in [0.5, 0.6) is 0 Å². The van der Waals surface area contributed by atoms with Gasteiger partial charge in [0.2, 0.25) is 5.91 Å². The van der Waals surface area contributed by atoms with Gasteiger partial charge in [-0.1, -0.05) is 48.5 Å². The molecule has 4 aliphatic carbocycles. The Labute approximate surface area is 165 Å². The first-order valence-corrected chi connectivity index (χ1v) is 10.3. The first-order valence-electron chi connectivity index (χ1n) is 10.3. The van der Waals surface area contributed by atoms with Gasteiger partial charge in [-0.15, -0.1) is 0 Å². The molecule has 2 aromatic rings. The van der Waals surface area contributed by atoms with E-state index in [0.29, 0.717) is 43.6 Å². The Kier molecular flexibility index (Phi) is 4.22. The second-order valence-corrected chi connectivity index (χ2v) is 8.57. The van der Waals surface area contributed by atoms with Crippen LogP contribution in [0.4, 0.5) is 0 Å². The van der Waals surface area contributed by atoms with Gasteiger partial charge < -0.3 is 10.4 Å². The number of hydrogen-bond acceptors (Lipinski definition) is 2. The lowest BCUT2D eigenvalue weighted by Crippen LogP contribution is -2.40. The zero-order chi connectivity index (χ0) is 19.3. The summed E-state index contributed by atoms with van der Waals surface area (Å²) in [5.41, 5.74) is 5.69. The minimum absolute atomic E-state index is 0.0340. The van der Waals surface area contributed by atoms with Gasteiger partial charge >= 0.3 is 5.97 Å². The maximum absolute atomic E-state index is 12.6. The molecule has 2 bridgehead atoms. The average molecular weight is 375 g/mol. The highest BCUT2D eigenvalue weighted by molar-refractivity contribution is 5.80. The van der Waals surface area contributed by atoms with Crippen molar-refractivity contribution in [3.8, 4) is 0 Å². The smallest absolute Gasteiger partial charge is 0.306 e. The highest BCUT2D eigenvalue weighted by Gasteiger charge is 2.43. The summed E-state index contributed by atoms with van der Waals surface area (Å²) in [6, 6.07) is 17.5. The van der Waals surface area contributed by atoms with Crippen LogP contribution in [-0.2, 0) is 9.59 Å². The summed E-state index contributed by atoms with van der Waals surface area (Å²) >= 11 is 0. The lowest BCUT2D eigenvalue weighted by atomic mass is 9.59. The highest BCUT2D eigenvalue weighted by Crippen LogP contribution is 2.55. The molecule has 0 heterocycles. The third-order valence-corrected chi connectivity index (χ3v) is 7.11. The van der Waals surface area contributed by atoms with Gasteiger partial charge in [0.15, 0.2) is 0 Å². The maximum atomic E-state index is 12.6. The first-order chi connectivity index (χ1) is 13.6. The van der Waals surface area contributed by atoms with E-state index in [0.717, 1.165) is 6.42 Å². The van der Waals surface area contributed by atoms with Gasteiger partial charge in [-0.25, -0.2) is 0 Å². The van der Waals surface area contributed by atoms with E-state index in [9.17, 15) is 14.7 Å². The van der Waals surface area contributed by atoms with Gasteiger partial charge in [0.1, 0.15) is 0 Å². The normalized spacial score (nSPS) is 29.8. The van der Waals surface area contributed by atoms with E-state index in [1.54, 1.807) is 0 Å². The Hall–Kier alpha value is -2.62. The molecule has 2 aromatic carbocycles. The van der Waals surface area contributed by atoms with Crippen LogP contribution in [-0.4, -0.2) is 23.5 Å². The number of fused-ring (bicyclic) bond motifs is 1. The predicted molar refractivity (Wildman–Crippen MR) is 106 cm³/mol. The van der Waals surface area contributed by atoms with Crippen LogP contribution in [0, 0.1) is 17.8 Å². The zero-order valence-electron chi connectivity index (χ0n) is 15.8. The molecule has 1 amide bonds. The molecule has 4 aliphatic rings. The van der Waals surface area contributed by atoms with Crippen LogP contribution >= 0.6 is 0 Å².